The van der Waals surface area contributed by atoms with E-state index in [1.807, 2.05) is 74.5 Å². The lowest BCUT2D eigenvalue weighted by Gasteiger charge is -2.06. The maximum absolute atomic E-state index is 12.1. The van der Waals surface area contributed by atoms with E-state index in [4.69, 9.17) is 9.47 Å². The first kappa shape index (κ1) is 24.6. The molecule has 0 fully saturated rings. The summed E-state index contributed by atoms with van der Waals surface area (Å²) in [6.07, 6.45) is 0.272. The van der Waals surface area contributed by atoms with E-state index < -0.39 is 0 Å². The standard InChI is InChI=1S/C28H28N2O4/c1-21(16-27(31)33-25-12-5-3-6-13-25)29-19-23-10-9-11-24(18-23)20-30-22(2)17-28(32)34-26-14-7-4-8-15-26/h3-15,18H,16-17,19-20H2,1-2H3. The SMILES string of the molecule is CC(CC(=O)Oc1ccccc1)=NCc1cccc(CN=C(C)CC(=O)Oc2ccccc2)c1. The van der Waals surface area contributed by atoms with Crippen molar-refractivity contribution in [1.29, 1.82) is 0 Å². The first-order valence-electron chi connectivity index (χ1n) is 11.1. The lowest BCUT2D eigenvalue weighted by atomic mass is 10.1. The molecule has 174 valence electrons. The van der Waals surface area contributed by atoms with E-state index in [0.717, 1.165) is 11.1 Å². The van der Waals surface area contributed by atoms with Crippen LogP contribution in [0.2, 0.25) is 0 Å². The highest BCUT2D eigenvalue weighted by Crippen LogP contribution is 2.12. The van der Waals surface area contributed by atoms with Crippen LogP contribution < -0.4 is 9.47 Å². The molecule has 3 rings (SSSR count). The van der Waals surface area contributed by atoms with Gasteiger partial charge >= 0.3 is 11.9 Å². The van der Waals surface area contributed by atoms with Gasteiger partial charge in [-0.05, 0) is 49.2 Å². The van der Waals surface area contributed by atoms with Crippen molar-refractivity contribution < 1.29 is 19.1 Å². The molecule has 3 aromatic rings. The zero-order chi connectivity index (χ0) is 24.2. The van der Waals surface area contributed by atoms with E-state index in [-0.39, 0.29) is 24.8 Å². The van der Waals surface area contributed by atoms with E-state index in [2.05, 4.69) is 9.98 Å². The summed E-state index contributed by atoms with van der Waals surface area (Å²) < 4.78 is 10.6. The number of aliphatic imine (C=N–C) groups is 2. The van der Waals surface area contributed by atoms with Crippen LogP contribution in [0, 0.1) is 0 Å². The Labute approximate surface area is 200 Å². The molecule has 34 heavy (non-hydrogen) atoms. The molecule has 0 aliphatic heterocycles. The van der Waals surface area contributed by atoms with Crippen molar-refractivity contribution in [2.24, 2.45) is 9.98 Å². The predicted molar refractivity (Wildman–Crippen MR) is 133 cm³/mol. The van der Waals surface area contributed by atoms with Gasteiger partial charge in [0.1, 0.15) is 11.5 Å². The van der Waals surface area contributed by atoms with E-state index >= 15 is 0 Å². The number of carbonyl (C=O) groups excluding carboxylic acids is 2. The van der Waals surface area contributed by atoms with E-state index in [0.29, 0.717) is 36.0 Å². The summed E-state index contributed by atoms with van der Waals surface area (Å²) in [5, 5.41) is 0. The summed E-state index contributed by atoms with van der Waals surface area (Å²) in [4.78, 5) is 33.2. The van der Waals surface area contributed by atoms with Crippen LogP contribution in [0.3, 0.4) is 0 Å². The number of rotatable bonds is 10. The van der Waals surface area contributed by atoms with Crippen molar-refractivity contribution in [2.75, 3.05) is 0 Å². The maximum Gasteiger partial charge on any atom is 0.316 e. The summed E-state index contributed by atoms with van der Waals surface area (Å²) in [6, 6.07) is 25.9. The Morgan fingerprint density at radius 2 is 1.03 bits per heavy atom. The van der Waals surface area contributed by atoms with Gasteiger partial charge < -0.3 is 9.47 Å². The van der Waals surface area contributed by atoms with Gasteiger partial charge in [0.15, 0.2) is 0 Å². The summed E-state index contributed by atoms with van der Waals surface area (Å²) in [7, 11) is 0. The van der Waals surface area contributed by atoms with Gasteiger partial charge in [-0.15, -0.1) is 0 Å². The average Bonchev–Trinajstić information content (AvgIpc) is 2.83. The highest BCUT2D eigenvalue weighted by Gasteiger charge is 2.08. The third kappa shape index (κ3) is 8.82. The second-order valence-electron chi connectivity index (χ2n) is 7.85. The molecule has 6 heteroatoms. The van der Waals surface area contributed by atoms with Crippen molar-refractivity contribution in [3.05, 3.63) is 96.1 Å². The molecule has 0 aromatic heterocycles. The fourth-order valence-corrected chi connectivity index (χ4v) is 3.12. The molecule has 6 nitrogen and oxygen atoms in total. The minimum absolute atomic E-state index is 0.136. The Morgan fingerprint density at radius 1 is 0.618 bits per heavy atom. The number of carbonyl (C=O) groups is 2. The van der Waals surface area contributed by atoms with E-state index in [9.17, 15) is 9.59 Å². The monoisotopic (exact) mass is 456 g/mol. The second-order valence-corrected chi connectivity index (χ2v) is 7.85. The van der Waals surface area contributed by atoms with Crippen LogP contribution in [0.1, 0.15) is 37.8 Å². The normalized spacial score (nSPS) is 11.7. The average molecular weight is 457 g/mol. The van der Waals surface area contributed by atoms with Crippen LogP contribution in [0.5, 0.6) is 11.5 Å². The van der Waals surface area contributed by atoms with Gasteiger partial charge in [-0.2, -0.15) is 0 Å². The predicted octanol–water partition coefficient (Wildman–Crippen LogP) is 5.60. The van der Waals surface area contributed by atoms with Crippen LogP contribution in [-0.4, -0.2) is 23.4 Å². The highest BCUT2D eigenvalue weighted by atomic mass is 16.5. The van der Waals surface area contributed by atoms with Gasteiger partial charge in [-0.3, -0.25) is 19.6 Å². The van der Waals surface area contributed by atoms with Gasteiger partial charge in [0.05, 0.1) is 25.9 Å². The molecule has 0 spiro atoms. The van der Waals surface area contributed by atoms with Crippen LogP contribution >= 0.6 is 0 Å². The Kier molecular flexibility index (Phi) is 9.29. The largest absolute Gasteiger partial charge is 0.426 e. The molecule has 0 heterocycles. The molecule has 3 aromatic carbocycles. The van der Waals surface area contributed by atoms with Crippen LogP contribution in [0.25, 0.3) is 0 Å². The zero-order valence-corrected chi connectivity index (χ0v) is 19.4. The first-order valence-corrected chi connectivity index (χ1v) is 11.1. The summed E-state index contributed by atoms with van der Waals surface area (Å²) >= 11 is 0. The topological polar surface area (TPSA) is 77.3 Å². The quantitative estimate of drug-likeness (QED) is 0.226. The maximum atomic E-state index is 12.1. The number of ether oxygens (including phenoxy) is 2. The molecule has 0 radical (unpaired) electrons. The van der Waals surface area contributed by atoms with Crippen molar-refractivity contribution in [1.82, 2.24) is 0 Å². The number of benzene rings is 3. The number of hydrogen-bond donors (Lipinski definition) is 0. The number of para-hydroxylation sites is 2. The second kappa shape index (κ2) is 12.8. The Balaban J connectivity index is 1.48. The third-order valence-electron chi connectivity index (χ3n) is 4.80. The molecular formula is C28H28N2O4. The van der Waals surface area contributed by atoms with E-state index in [1.54, 1.807) is 24.3 Å². The fraction of sp³-hybridized carbons (Fsp3) is 0.214. The summed E-state index contributed by atoms with van der Waals surface area (Å²) in [5.41, 5.74) is 3.45. The highest BCUT2D eigenvalue weighted by molar-refractivity contribution is 5.98. The lowest BCUT2D eigenvalue weighted by Crippen LogP contribution is -2.12. The molecule has 0 bridgehead atoms. The van der Waals surface area contributed by atoms with Crippen molar-refractivity contribution in [3.63, 3.8) is 0 Å². The Bertz CT molecular complexity index is 1070. The van der Waals surface area contributed by atoms with Gasteiger partial charge in [0, 0.05) is 11.4 Å². The van der Waals surface area contributed by atoms with Crippen molar-refractivity contribution in [3.8, 4) is 11.5 Å². The molecule has 0 aliphatic rings. The fourth-order valence-electron chi connectivity index (χ4n) is 3.12. The summed E-state index contributed by atoms with van der Waals surface area (Å²) in [5.74, 6) is 0.378. The lowest BCUT2D eigenvalue weighted by molar-refractivity contribution is -0.134. The molecule has 0 unspecified atom stereocenters. The minimum Gasteiger partial charge on any atom is -0.426 e. The van der Waals surface area contributed by atoms with Crippen molar-refractivity contribution >= 4 is 23.4 Å². The van der Waals surface area contributed by atoms with Gasteiger partial charge in [-0.25, -0.2) is 0 Å². The van der Waals surface area contributed by atoms with Gasteiger partial charge in [-0.1, -0.05) is 60.7 Å². The van der Waals surface area contributed by atoms with Crippen LogP contribution in [-0.2, 0) is 22.7 Å². The molecule has 0 saturated heterocycles. The number of esters is 2. The third-order valence-corrected chi connectivity index (χ3v) is 4.80. The molecular weight excluding hydrogens is 428 g/mol. The molecule has 0 N–H and O–H groups in total. The van der Waals surface area contributed by atoms with Crippen LogP contribution in [0.15, 0.2) is 94.9 Å². The molecule has 0 saturated carbocycles. The zero-order valence-electron chi connectivity index (χ0n) is 19.4. The Morgan fingerprint density at radius 3 is 1.44 bits per heavy atom. The molecule has 0 aliphatic carbocycles. The van der Waals surface area contributed by atoms with Gasteiger partial charge in [0.25, 0.3) is 0 Å². The Hall–Kier alpha value is -4.06. The summed E-state index contributed by atoms with van der Waals surface area (Å²) in [6.45, 7) is 4.56. The minimum atomic E-state index is -0.336. The first-order chi connectivity index (χ1) is 16.5. The van der Waals surface area contributed by atoms with Gasteiger partial charge in [0.2, 0.25) is 0 Å². The number of nitrogens with zero attached hydrogens (tertiary/aromatic N) is 2. The van der Waals surface area contributed by atoms with Crippen molar-refractivity contribution in [2.45, 2.75) is 39.8 Å². The number of hydrogen-bond acceptors (Lipinski definition) is 6. The molecule has 0 atom stereocenters. The van der Waals surface area contributed by atoms with Crippen LogP contribution in [0.4, 0.5) is 0 Å². The van der Waals surface area contributed by atoms with E-state index in [1.165, 1.54) is 0 Å². The molecule has 0 amide bonds. The smallest absolute Gasteiger partial charge is 0.316 e.